The van der Waals surface area contributed by atoms with Crippen molar-refractivity contribution in [1.82, 2.24) is 0 Å². The maximum Gasteiger partial charge on any atom is 0.309 e. The van der Waals surface area contributed by atoms with Gasteiger partial charge >= 0.3 is 5.97 Å². The molecular formula is C11H18O3. The Morgan fingerprint density at radius 1 is 1.36 bits per heavy atom. The number of carboxylic acid groups (broad SMARTS) is 1. The Labute approximate surface area is 84.1 Å². The lowest BCUT2D eigenvalue weighted by molar-refractivity contribution is -0.169. The molecule has 0 heterocycles. The second kappa shape index (κ2) is 2.96. The number of aliphatic hydroxyl groups is 1. The Morgan fingerprint density at radius 3 is 2.71 bits per heavy atom. The minimum Gasteiger partial charge on any atom is -0.481 e. The van der Waals surface area contributed by atoms with E-state index in [4.69, 9.17) is 0 Å². The van der Waals surface area contributed by atoms with E-state index in [9.17, 15) is 15.0 Å². The van der Waals surface area contributed by atoms with Crippen molar-refractivity contribution >= 4 is 5.97 Å². The van der Waals surface area contributed by atoms with Crippen LogP contribution in [0.4, 0.5) is 0 Å². The summed E-state index contributed by atoms with van der Waals surface area (Å²) in [4.78, 5) is 11.3. The first-order valence-electron chi connectivity index (χ1n) is 5.42. The summed E-state index contributed by atoms with van der Waals surface area (Å²) in [5.41, 5.74) is -1.31. The van der Waals surface area contributed by atoms with Crippen LogP contribution in [-0.4, -0.2) is 21.8 Å². The average Bonchev–Trinajstić information content (AvgIpc) is 2.00. The normalized spacial score (nSPS) is 47.4. The molecule has 0 aromatic rings. The van der Waals surface area contributed by atoms with E-state index in [1.807, 2.05) is 6.92 Å². The molecule has 2 bridgehead atoms. The number of hydrogen-bond donors (Lipinski definition) is 2. The van der Waals surface area contributed by atoms with E-state index in [0.29, 0.717) is 12.3 Å². The van der Waals surface area contributed by atoms with Crippen LogP contribution in [0.15, 0.2) is 0 Å². The van der Waals surface area contributed by atoms with Gasteiger partial charge in [0.15, 0.2) is 0 Å². The van der Waals surface area contributed by atoms with Gasteiger partial charge in [-0.3, -0.25) is 4.79 Å². The molecule has 2 saturated carbocycles. The largest absolute Gasteiger partial charge is 0.481 e. The van der Waals surface area contributed by atoms with Gasteiger partial charge in [0.2, 0.25) is 0 Å². The van der Waals surface area contributed by atoms with Gasteiger partial charge in [0, 0.05) is 0 Å². The van der Waals surface area contributed by atoms with E-state index in [-0.39, 0.29) is 0 Å². The number of carbonyl (C=O) groups is 1. The smallest absolute Gasteiger partial charge is 0.309 e. The van der Waals surface area contributed by atoms with Crippen molar-refractivity contribution in [1.29, 1.82) is 0 Å². The Kier molecular flexibility index (Phi) is 2.11. The van der Waals surface area contributed by atoms with E-state index in [1.165, 1.54) is 0 Å². The van der Waals surface area contributed by atoms with Crippen molar-refractivity contribution in [2.45, 2.75) is 51.0 Å². The molecule has 3 nitrogen and oxygen atoms in total. The molecule has 0 aliphatic heterocycles. The number of hydrogen-bond acceptors (Lipinski definition) is 2. The first-order valence-corrected chi connectivity index (χ1v) is 5.42. The van der Waals surface area contributed by atoms with Gasteiger partial charge in [0.25, 0.3) is 0 Å². The summed E-state index contributed by atoms with van der Waals surface area (Å²) in [6.07, 6.45) is 4.38. The SMILES string of the molecule is CC1CC2(O)CCCC(C(=O)O)(C1)C2. The topological polar surface area (TPSA) is 57.5 Å². The van der Waals surface area contributed by atoms with E-state index < -0.39 is 17.0 Å². The summed E-state index contributed by atoms with van der Waals surface area (Å²) >= 11 is 0. The van der Waals surface area contributed by atoms with E-state index in [2.05, 4.69) is 0 Å². The van der Waals surface area contributed by atoms with Crippen molar-refractivity contribution in [3.63, 3.8) is 0 Å². The minimum absolute atomic E-state index is 0.338. The summed E-state index contributed by atoms with van der Waals surface area (Å²) in [6, 6.07) is 0. The number of rotatable bonds is 1. The van der Waals surface area contributed by atoms with Crippen LogP contribution in [0.25, 0.3) is 0 Å². The highest BCUT2D eigenvalue weighted by Crippen LogP contribution is 2.52. The molecule has 0 spiro atoms. The third-order valence-electron chi connectivity index (χ3n) is 3.89. The van der Waals surface area contributed by atoms with Gasteiger partial charge in [0.05, 0.1) is 11.0 Å². The average molecular weight is 198 g/mol. The van der Waals surface area contributed by atoms with Crippen molar-refractivity contribution in [2.75, 3.05) is 0 Å². The molecule has 2 aliphatic carbocycles. The van der Waals surface area contributed by atoms with Crippen LogP contribution in [0.1, 0.15) is 45.4 Å². The summed E-state index contributed by atoms with van der Waals surface area (Å²) in [7, 11) is 0. The lowest BCUT2D eigenvalue weighted by Crippen LogP contribution is -2.51. The van der Waals surface area contributed by atoms with E-state index in [1.54, 1.807) is 0 Å². The fourth-order valence-corrected chi connectivity index (χ4v) is 3.57. The van der Waals surface area contributed by atoms with Gasteiger partial charge < -0.3 is 10.2 Å². The molecule has 0 aromatic heterocycles. The first kappa shape index (κ1) is 9.97. The Hall–Kier alpha value is -0.570. The van der Waals surface area contributed by atoms with E-state index in [0.717, 1.165) is 32.1 Å². The molecule has 0 radical (unpaired) electrons. The zero-order chi connectivity index (χ0) is 10.4. The Morgan fingerprint density at radius 2 is 2.07 bits per heavy atom. The molecule has 0 amide bonds. The number of carboxylic acids is 1. The van der Waals surface area contributed by atoms with Crippen LogP contribution in [0, 0.1) is 11.3 Å². The first-order chi connectivity index (χ1) is 6.46. The predicted molar refractivity (Wildman–Crippen MR) is 51.9 cm³/mol. The predicted octanol–water partition coefficient (Wildman–Crippen LogP) is 1.79. The van der Waals surface area contributed by atoms with Gasteiger partial charge in [0.1, 0.15) is 0 Å². The quantitative estimate of drug-likeness (QED) is 0.675. The van der Waals surface area contributed by atoms with Crippen LogP contribution in [0.3, 0.4) is 0 Å². The lowest BCUT2D eigenvalue weighted by Gasteiger charge is -2.49. The third kappa shape index (κ3) is 1.44. The lowest BCUT2D eigenvalue weighted by atomic mass is 9.57. The highest BCUT2D eigenvalue weighted by Gasteiger charge is 2.53. The highest BCUT2D eigenvalue weighted by atomic mass is 16.4. The van der Waals surface area contributed by atoms with E-state index >= 15 is 0 Å². The van der Waals surface area contributed by atoms with Crippen molar-refractivity contribution in [2.24, 2.45) is 11.3 Å². The zero-order valence-electron chi connectivity index (χ0n) is 8.62. The molecule has 80 valence electrons. The Balaban J connectivity index is 2.28. The number of aliphatic carboxylic acids is 1. The van der Waals surface area contributed by atoms with Crippen LogP contribution in [0.5, 0.6) is 0 Å². The third-order valence-corrected chi connectivity index (χ3v) is 3.89. The van der Waals surface area contributed by atoms with Gasteiger partial charge in [-0.15, -0.1) is 0 Å². The maximum absolute atomic E-state index is 11.3. The highest BCUT2D eigenvalue weighted by molar-refractivity contribution is 5.75. The molecule has 3 atom stereocenters. The molecule has 3 unspecified atom stereocenters. The molecule has 3 heteroatoms. The maximum atomic E-state index is 11.3. The second-order valence-electron chi connectivity index (χ2n) is 5.35. The summed E-state index contributed by atoms with van der Waals surface area (Å²) in [5, 5.41) is 19.5. The molecule has 2 N–H and O–H groups in total. The molecule has 2 aliphatic rings. The molecule has 0 saturated heterocycles. The monoisotopic (exact) mass is 198 g/mol. The van der Waals surface area contributed by atoms with Crippen LogP contribution >= 0.6 is 0 Å². The minimum atomic E-state index is -0.706. The van der Waals surface area contributed by atoms with Crippen LogP contribution < -0.4 is 0 Å². The second-order valence-corrected chi connectivity index (χ2v) is 5.35. The van der Waals surface area contributed by atoms with Gasteiger partial charge in [-0.05, 0) is 44.4 Å². The van der Waals surface area contributed by atoms with Gasteiger partial charge in [-0.2, -0.15) is 0 Å². The van der Waals surface area contributed by atoms with Crippen LogP contribution in [0.2, 0.25) is 0 Å². The molecular weight excluding hydrogens is 180 g/mol. The molecule has 0 aromatic carbocycles. The standard InChI is InChI=1S/C11H18O3/c1-8-5-10(9(12)13)3-2-4-11(14,6-8)7-10/h8,14H,2-7H2,1H3,(H,12,13). The van der Waals surface area contributed by atoms with Crippen molar-refractivity contribution < 1.29 is 15.0 Å². The summed E-state index contributed by atoms with van der Waals surface area (Å²) in [6.45, 7) is 2.05. The van der Waals surface area contributed by atoms with Gasteiger partial charge in [-0.25, -0.2) is 0 Å². The fourth-order valence-electron chi connectivity index (χ4n) is 3.57. The van der Waals surface area contributed by atoms with Crippen LogP contribution in [-0.2, 0) is 4.79 Å². The molecule has 14 heavy (non-hydrogen) atoms. The Bertz CT molecular complexity index is 263. The van der Waals surface area contributed by atoms with Gasteiger partial charge in [-0.1, -0.05) is 6.92 Å². The van der Waals surface area contributed by atoms with Crippen molar-refractivity contribution in [3.05, 3.63) is 0 Å². The summed E-state index contributed by atoms with van der Waals surface area (Å²) in [5.74, 6) is -0.368. The fraction of sp³-hybridized carbons (Fsp3) is 0.909. The molecule has 2 fully saturated rings. The van der Waals surface area contributed by atoms with Crippen molar-refractivity contribution in [3.8, 4) is 0 Å². The number of fused-ring (bicyclic) bond motifs is 2. The summed E-state index contributed by atoms with van der Waals surface area (Å²) < 4.78 is 0. The molecule has 2 rings (SSSR count). The zero-order valence-corrected chi connectivity index (χ0v) is 8.62.